The van der Waals surface area contributed by atoms with Crippen LogP contribution in [0.2, 0.25) is 0 Å². The van der Waals surface area contributed by atoms with Gasteiger partial charge in [0.1, 0.15) is 6.04 Å². The van der Waals surface area contributed by atoms with Crippen LogP contribution in [0.25, 0.3) is 0 Å². The second kappa shape index (κ2) is 6.72. The van der Waals surface area contributed by atoms with Crippen molar-refractivity contribution in [1.82, 2.24) is 10.2 Å². The van der Waals surface area contributed by atoms with E-state index in [1.807, 2.05) is 0 Å². The lowest BCUT2D eigenvalue weighted by Gasteiger charge is -2.28. The fraction of sp³-hybridized carbons (Fsp3) is 0.818. The number of nitrogens with zero attached hydrogens (tertiary/aromatic N) is 1. The molecule has 1 atom stereocenters. The number of urea groups is 1. The molecule has 1 rings (SSSR count). The number of carbonyl (C=O) groups excluding carboxylic acids is 1. The second-order valence-electron chi connectivity index (χ2n) is 4.45. The Morgan fingerprint density at radius 3 is 2.44 bits per heavy atom. The lowest BCUT2D eigenvalue weighted by Crippen LogP contribution is -2.50. The average molecular weight is 276 g/mol. The zero-order valence-electron chi connectivity index (χ0n) is 10.7. The van der Waals surface area contributed by atoms with E-state index in [9.17, 15) is 13.8 Å². The van der Waals surface area contributed by atoms with Crippen molar-refractivity contribution in [2.45, 2.75) is 38.3 Å². The van der Waals surface area contributed by atoms with Gasteiger partial charge in [0, 0.05) is 35.4 Å². The Morgan fingerprint density at radius 1 is 1.44 bits per heavy atom. The van der Waals surface area contributed by atoms with E-state index in [0.29, 0.717) is 30.8 Å². The third-order valence-corrected chi connectivity index (χ3v) is 4.56. The zero-order chi connectivity index (χ0) is 13.7. The number of carboxylic acid groups (broad SMARTS) is 1. The Morgan fingerprint density at radius 2 is 2.00 bits per heavy atom. The maximum absolute atomic E-state index is 11.9. The van der Waals surface area contributed by atoms with Gasteiger partial charge in [0.2, 0.25) is 0 Å². The SMILES string of the molecule is CCC(C(=O)O)N(C)C(=O)NC1CCS(=O)CC1. The van der Waals surface area contributed by atoms with Crippen molar-refractivity contribution in [2.75, 3.05) is 18.6 Å². The minimum atomic E-state index is -1.00. The van der Waals surface area contributed by atoms with Crippen molar-refractivity contribution < 1.29 is 18.9 Å². The monoisotopic (exact) mass is 276 g/mol. The van der Waals surface area contributed by atoms with Crippen LogP contribution < -0.4 is 5.32 Å². The number of likely N-dealkylation sites (N-methyl/N-ethyl adjacent to an activating group) is 1. The van der Waals surface area contributed by atoms with Crippen molar-refractivity contribution in [2.24, 2.45) is 0 Å². The fourth-order valence-corrected chi connectivity index (χ4v) is 3.27. The number of rotatable bonds is 4. The van der Waals surface area contributed by atoms with Crippen LogP contribution in [0.4, 0.5) is 4.79 Å². The lowest BCUT2D eigenvalue weighted by molar-refractivity contribution is -0.141. The van der Waals surface area contributed by atoms with E-state index in [1.54, 1.807) is 6.92 Å². The van der Waals surface area contributed by atoms with Crippen LogP contribution in [-0.2, 0) is 15.6 Å². The number of hydrogen-bond acceptors (Lipinski definition) is 3. The Kier molecular flexibility index (Phi) is 5.58. The van der Waals surface area contributed by atoms with Crippen molar-refractivity contribution in [3.8, 4) is 0 Å². The highest BCUT2D eigenvalue weighted by Gasteiger charge is 2.27. The molecule has 1 aliphatic rings. The smallest absolute Gasteiger partial charge is 0.326 e. The first kappa shape index (κ1) is 14.9. The Bertz CT molecular complexity index is 338. The van der Waals surface area contributed by atoms with Crippen molar-refractivity contribution in [3.63, 3.8) is 0 Å². The molecular weight excluding hydrogens is 256 g/mol. The summed E-state index contributed by atoms with van der Waals surface area (Å²) in [7, 11) is 0.722. The Hall–Kier alpha value is -1.11. The molecule has 2 amide bonds. The highest BCUT2D eigenvalue weighted by Crippen LogP contribution is 2.10. The molecule has 0 aromatic heterocycles. The second-order valence-corrected chi connectivity index (χ2v) is 6.14. The number of aliphatic carboxylic acids is 1. The molecule has 0 aromatic carbocycles. The largest absolute Gasteiger partial charge is 0.480 e. The number of carboxylic acids is 1. The van der Waals surface area contributed by atoms with Crippen LogP contribution >= 0.6 is 0 Å². The van der Waals surface area contributed by atoms with Crippen LogP contribution in [0.15, 0.2) is 0 Å². The summed E-state index contributed by atoms with van der Waals surface area (Å²) >= 11 is 0. The topological polar surface area (TPSA) is 86.7 Å². The molecule has 7 heteroatoms. The predicted molar refractivity (Wildman–Crippen MR) is 68.9 cm³/mol. The summed E-state index contributed by atoms with van der Waals surface area (Å²) in [5, 5.41) is 11.8. The van der Waals surface area contributed by atoms with Crippen LogP contribution in [0.5, 0.6) is 0 Å². The molecule has 0 bridgehead atoms. The Balaban J connectivity index is 2.49. The minimum absolute atomic E-state index is 0.00366. The quantitative estimate of drug-likeness (QED) is 0.778. The van der Waals surface area contributed by atoms with Gasteiger partial charge in [0.15, 0.2) is 0 Å². The molecule has 0 aromatic rings. The van der Waals surface area contributed by atoms with Crippen molar-refractivity contribution in [1.29, 1.82) is 0 Å². The van der Waals surface area contributed by atoms with Gasteiger partial charge in [0.25, 0.3) is 0 Å². The molecule has 0 aliphatic carbocycles. The molecule has 6 nitrogen and oxygen atoms in total. The molecule has 104 valence electrons. The molecule has 0 spiro atoms. The molecule has 18 heavy (non-hydrogen) atoms. The first-order valence-corrected chi connectivity index (χ1v) is 7.55. The van der Waals surface area contributed by atoms with Gasteiger partial charge in [-0.15, -0.1) is 0 Å². The molecule has 1 aliphatic heterocycles. The number of nitrogens with one attached hydrogen (secondary N) is 1. The molecule has 2 N–H and O–H groups in total. The number of hydrogen-bond donors (Lipinski definition) is 2. The van der Waals surface area contributed by atoms with E-state index in [4.69, 9.17) is 5.11 Å². The highest BCUT2D eigenvalue weighted by atomic mass is 32.2. The average Bonchev–Trinajstić information content (AvgIpc) is 2.32. The maximum atomic E-state index is 11.9. The molecule has 1 saturated heterocycles. The third-order valence-electron chi connectivity index (χ3n) is 3.18. The molecular formula is C11H20N2O4S. The molecule has 0 radical (unpaired) electrons. The van der Waals surface area contributed by atoms with Gasteiger partial charge < -0.3 is 15.3 Å². The van der Waals surface area contributed by atoms with Crippen LogP contribution in [0, 0.1) is 0 Å². The van der Waals surface area contributed by atoms with E-state index in [2.05, 4.69) is 5.32 Å². The zero-order valence-corrected chi connectivity index (χ0v) is 11.5. The lowest BCUT2D eigenvalue weighted by atomic mass is 10.1. The first-order valence-electron chi connectivity index (χ1n) is 6.06. The standard InChI is InChI=1S/C11H20N2O4S/c1-3-9(10(14)15)13(2)11(16)12-8-4-6-18(17)7-5-8/h8-9H,3-7H2,1-2H3,(H,12,16)(H,14,15). The molecule has 0 saturated carbocycles. The summed E-state index contributed by atoms with van der Waals surface area (Å²) in [6.45, 7) is 1.73. The van der Waals surface area contributed by atoms with Gasteiger partial charge >= 0.3 is 12.0 Å². The predicted octanol–water partition coefficient (Wildman–Crippen LogP) is 0.402. The third kappa shape index (κ3) is 3.97. The summed E-state index contributed by atoms with van der Waals surface area (Å²) in [5.41, 5.74) is 0. The van der Waals surface area contributed by atoms with E-state index in [1.165, 1.54) is 11.9 Å². The number of carbonyl (C=O) groups is 2. The fourth-order valence-electron chi connectivity index (χ4n) is 1.97. The summed E-state index contributed by atoms with van der Waals surface area (Å²) in [6.07, 6.45) is 1.75. The molecule has 1 fully saturated rings. The minimum Gasteiger partial charge on any atom is -0.480 e. The number of amides is 2. The van der Waals surface area contributed by atoms with Crippen LogP contribution in [0.1, 0.15) is 26.2 Å². The van der Waals surface area contributed by atoms with E-state index in [0.717, 1.165) is 0 Å². The van der Waals surface area contributed by atoms with Crippen molar-refractivity contribution in [3.05, 3.63) is 0 Å². The van der Waals surface area contributed by atoms with Gasteiger partial charge in [-0.1, -0.05) is 6.92 Å². The van der Waals surface area contributed by atoms with Gasteiger partial charge in [-0.05, 0) is 19.3 Å². The van der Waals surface area contributed by atoms with E-state index in [-0.39, 0.29) is 12.1 Å². The van der Waals surface area contributed by atoms with E-state index >= 15 is 0 Å². The van der Waals surface area contributed by atoms with E-state index < -0.39 is 22.8 Å². The summed E-state index contributed by atoms with van der Waals surface area (Å²) < 4.78 is 11.2. The van der Waals surface area contributed by atoms with Crippen molar-refractivity contribution >= 4 is 22.8 Å². The Labute approximate surface area is 109 Å². The van der Waals surface area contributed by atoms with Gasteiger partial charge in [-0.3, -0.25) is 4.21 Å². The molecule has 1 unspecified atom stereocenters. The van der Waals surface area contributed by atoms with Crippen LogP contribution in [-0.4, -0.2) is 56.9 Å². The first-order chi connectivity index (χ1) is 8.45. The summed E-state index contributed by atoms with van der Waals surface area (Å²) in [6, 6.07) is -1.17. The molecule has 1 heterocycles. The maximum Gasteiger partial charge on any atom is 0.326 e. The highest BCUT2D eigenvalue weighted by molar-refractivity contribution is 7.85. The van der Waals surface area contributed by atoms with Gasteiger partial charge in [-0.2, -0.15) is 0 Å². The van der Waals surface area contributed by atoms with Gasteiger partial charge in [0.05, 0.1) is 0 Å². The van der Waals surface area contributed by atoms with Crippen LogP contribution in [0.3, 0.4) is 0 Å². The summed E-state index contributed by atoms with van der Waals surface area (Å²) in [4.78, 5) is 24.0. The normalized spacial score (nSPS) is 25.2. The van der Waals surface area contributed by atoms with Gasteiger partial charge in [-0.25, -0.2) is 9.59 Å². The summed E-state index contributed by atoms with van der Waals surface area (Å²) in [5.74, 6) is 0.204.